The maximum absolute atomic E-state index is 12.8. The van der Waals surface area contributed by atoms with E-state index in [9.17, 15) is 9.18 Å². The SMILES string of the molecule is COc1ccc(/C=C/C(=O)OCc2ccc(F)cc2)cc1OC. The lowest BCUT2D eigenvalue weighted by molar-refractivity contribution is -0.138. The van der Waals surface area contributed by atoms with Crippen LogP contribution in [0.1, 0.15) is 11.1 Å². The fourth-order valence-corrected chi connectivity index (χ4v) is 1.90. The lowest BCUT2D eigenvalue weighted by Crippen LogP contribution is -2.00. The van der Waals surface area contributed by atoms with E-state index in [0.717, 1.165) is 11.1 Å². The Morgan fingerprint density at radius 2 is 1.74 bits per heavy atom. The first-order valence-corrected chi connectivity index (χ1v) is 6.93. The van der Waals surface area contributed by atoms with Gasteiger partial charge in [0.2, 0.25) is 0 Å². The Morgan fingerprint density at radius 3 is 2.39 bits per heavy atom. The largest absolute Gasteiger partial charge is 0.493 e. The number of halogens is 1. The van der Waals surface area contributed by atoms with Crippen molar-refractivity contribution in [1.82, 2.24) is 0 Å². The first kappa shape index (κ1) is 16.5. The number of carbonyl (C=O) groups is 1. The number of benzene rings is 2. The van der Waals surface area contributed by atoms with Crippen molar-refractivity contribution in [2.24, 2.45) is 0 Å². The second kappa shape index (κ2) is 7.98. The number of carbonyl (C=O) groups excluding carboxylic acids is 1. The smallest absolute Gasteiger partial charge is 0.331 e. The minimum absolute atomic E-state index is 0.0926. The van der Waals surface area contributed by atoms with E-state index in [1.165, 1.54) is 18.2 Å². The molecule has 0 unspecified atom stereocenters. The van der Waals surface area contributed by atoms with Crippen LogP contribution >= 0.6 is 0 Å². The molecule has 4 nitrogen and oxygen atoms in total. The van der Waals surface area contributed by atoms with Crippen LogP contribution in [0.25, 0.3) is 6.08 Å². The topological polar surface area (TPSA) is 44.8 Å². The summed E-state index contributed by atoms with van der Waals surface area (Å²) in [4.78, 5) is 11.7. The highest BCUT2D eigenvalue weighted by atomic mass is 19.1. The molecule has 0 aliphatic carbocycles. The second-order valence-electron chi connectivity index (χ2n) is 4.68. The van der Waals surface area contributed by atoms with Crippen molar-refractivity contribution in [2.75, 3.05) is 14.2 Å². The van der Waals surface area contributed by atoms with Crippen LogP contribution in [0.15, 0.2) is 48.5 Å². The summed E-state index contributed by atoms with van der Waals surface area (Å²) in [6.07, 6.45) is 2.94. The van der Waals surface area contributed by atoms with Gasteiger partial charge < -0.3 is 14.2 Å². The second-order valence-corrected chi connectivity index (χ2v) is 4.68. The van der Waals surface area contributed by atoms with Gasteiger partial charge in [-0.3, -0.25) is 0 Å². The number of hydrogen-bond donors (Lipinski definition) is 0. The average molecular weight is 316 g/mol. The highest BCUT2D eigenvalue weighted by molar-refractivity contribution is 5.87. The standard InChI is InChI=1S/C18H17FO4/c1-21-16-9-5-13(11-17(16)22-2)6-10-18(20)23-12-14-3-7-15(19)8-4-14/h3-11H,12H2,1-2H3/b10-6+. The van der Waals surface area contributed by atoms with E-state index >= 15 is 0 Å². The molecule has 2 aromatic carbocycles. The molecule has 2 rings (SSSR count). The summed E-state index contributed by atoms with van der Waals surface area (Å²) in [5, 5.41) is 0. The van der Waals surface area contributed by atoms with E-state index in [0.29, 0.717) is 11.5 Å². The summed E-state index contributed by atoms with van der Waals surface area (Å²) in [6, 6.07) is 11.1. The van der Waals surface area contributed by atoms with Crippen LogP contribution < -0.4 is 9.47 Å². The molecule has 0 bridgehead atoms. The third-order valence-corrected chi connectivity index (χ3v) is 3.11. The maximum Gasteiger partial charge on any atom is 0.331 e. The van der Waals surface area contributed by atoms with Gasteiger partial charge in [-0.25, -0.2) is 9.18 Å². The predicted octanol–water partition coefficient (Wildman–Crippen LogP) is 3.60. The van der Waals surface area contributed by atoms with E-state index in [4.69, 9.17) is 14.2 Å². The number of rotatable bonds is 6. The molecule has 0 fully saturated rings. The molecule has 120 valence electrons. The first-order valence-electron chi connectivity index (χ1n) is 6.93. The predicted molar refractivity (Wildman–Crippen MR) is 84.8 cm³/mol. The van der Waals surface area contributed by atoms with Crippen LogP contribution in [0.5, 0.6) is 11.5 Å². The number of hydrogen-bond acceptors (Lipinski definition) is 4. The Hall–Kier alpha value is -2.82. The molecule has 0 N–H and O–H groups in total. The van der Waals surface area contributed by atoms with Crippen LogP contribution in [0.3, 0.4) is 0 Å². The fraction of sp³-hybridized carbons (Fsp3) is 0.167. The van der Waals surface area contributed by atoms with Crippen molar-refractivity contribution < 1.29 is 23.4 Å². The molecule has 0 radical (unpaired) electrons. The summed E-state index contributed by atoms with van der Waals surface area (Å²) >= 11 is 0. The Morgan fingerprint density at radius 1 is 1.04 bits per heavy atom. The Balaban J connectivity index is 1.94. The summed E-state index contributed by atoms with van der Waals surface area (Å²) in [6.45, 7) is 0.0926. The van der Waals surface area contributed by atoms with E-state index < -0.39 is 5.97 Å². The van der Waals surface area contributed by atoms with Crippen LogP contribution in [-0.4, -0.2) is 20.2 Å². The highest BCUT2D eigenvalue weighted by Gasteiger charge is 2.04. The number of ether oxygens (including phenoxy) is 3. The average Bonchev–Trinajstić information content (AvgIpc) is 2.59. The number of esters is 1. The van der Waals surface area contributed by atoms with E-state index in [2.05, 4.69) is 0 Å². The van der Waals surface area contributed by atoms with Gasteiger partial charge in [0.25, 0.3) is 0 Å². The van der Waals surface area contributed by atoms with Gasteiger partial charge in [-0.2, -0.15) is 0 Å². The quantitative estimate of drug-likeness (QED) is 0.603. The van der Waals surface area contributed by atoms with Gasteiger partial charge in [0.05, 0.1) is 14.2 Å². The molecule has 0 aliphatic heterocycles. The third-order valence-electron chi connectivity index (χ3n) is 3.11. The zero-order valence-corrected chi connectivity index (χ0v) is 12.9. The van der Waals surface area contributed by atoms with Gasteiger partial charge in [-0.15, -0.1) is 0 Å². The van der Waals surface area contributed by atoms with Crippen molar-refractivity contribution in [3.05, 3.63) is 65.5 Å². The third kappa shape index (κ3) is 4.85. The Kier molecular flexibility index (Phi) is 5.74. The molecule has 0 heterocycles. The lowest BCUT2D eigenvalue weighted by Gasteiger charge is -2.07. The van der Waals surface area contributed by atoms with E-state index in [-0.39, 0.29) is 12.4 Å². The summed E-state index contributed by atoms with van der Waals surface area (Å²) < 4.78 is 28.2. The Labute approximate surface area is 134 Å². The molecular formula is C18H17FO4. The van der Waals surface area contributed by atoms with Gasteiger partial charge >= 0.3 is 5.97 Å². The summed E-state index contributed by atoms with van der Waals surface area (Å²) in [5.74, 6) is 0.385. The minimum Gasteiger partial charge on any atom is -0.493 e. The van der Waals surface area contributed by atoms with Gasteiger partial charge in [-0.05, 0) is 41.5 Å². The monoisotopic (exact) mass is 316 g/mol. The van der Waals surface area contributed by atoms with Gasteiger partial charge in [0.1, 0.15) is 12.4 Å². The van der Waals surface area contributed by atoms with Crippen molar-refractivity contribution in [1.29, 1.82) is 0 Å². The van der Waals surface area contributed by atoms with Crippen molar-refractivity contribution in [3.8, 4) is 11.5 Å². The zero-order valence-electron chi connectivity index (χ0n) is 12.9. The number of methoxy groups -OCH3 is 2. The molecular weight excluding hydrogens is 299 g/mol. The first-order chi connectivity index (χ1) is 11.1. The molecule has 2 aromatic rings. The molecule has 0 aliphatic rings. The van der Waals surface area contributed by atoms with Gasteiger partial charge in [0.15, 0.2) is 11.5 Å². The van der Waals surface area contributed by atoms with Crippen LogP contribution in [0.2, 0.25) is 0 Å². The van der Waals surface area contributed by atoms with Crippen LogP contribution in [0.4, 0.5) is 4.39 Å². The van der Waals surface area contributed by atoms with Crippen molar-refractivity contribution in [3.63, 3.8) is 0 Å². The summed E-state index contributed by atoms with van der Waals surface area (Å²) in [7, 11) is 3.10. The van der Waals surface area contributed by atoms with Crippen molar-refractivity contribution >= 4 is 12.0 Å². The molecule has 0 saturated heterocycles. The lowest BCUT2D eigenvalue weighted by atomic mass is 10.2. The summed E-state index contributed by atoms with van der Waals surface area (Å²) in [5.41, 5.74) is 1.50. The van der Waals surface area contributed by atoms with Crippen LogP contribution in [-0.2, 0) is 16.1 Å². The van der Waals surface area contributed by atoms with Gasteiger partial charge in [-0.1, -0.05) is 18.2 Å². The Bertz CT molecular complexity index is 693. The zero-order chi connectivity index (χ0) is 16.7. The maximum atomic E-state index is 12.8. The highest BCUT2D eigenvalue weighted by Crippen LogP contribution is 2.27. The molecule has 0 spiro atoms. The molecule has 5 heteroatoms. The van der Waals surface area contributed by atoms with Gasteiger partial charge in [0, 0.05) is 6.08 Å². The molecule has 0 atom stereocenters. The van der Waals surface area contributed by atoms with Crippen LogP contribution in [0, 0.1) is 5.82 Å². The minimum atomic E-state index is -0.482. The molecule has 0 saturated carbocycles. The van der Waals surface area contributed by atoms with E-state index in [1.807, 2.05) is 0 Å². The molecule has 0 amide bonds. The fourth-order valence-electron chi connectivity index (χ4n) is 1.90. The normalized spacial score (nSPS) is 10.6. The molecule has 0 aromatic heterocycles. The van der Waals surface area contributed by atoms with E-state index in [1.54, 1.807) is 50.6 Å². The molecule has 23 heavy (non-hydrogen) atoms. The van der Waals surface area contributed by atoms with Crippen molar-refractivity contribution in [2.45, 2.75) is 6.61 Å².